The normalized spacial score (nSPS) is 11.4. The summed E-state index contributed by atoms with van der Waals surface area (Å²) < 4.78 is 8.68. The maximum absolute atomic E-state index is 10.4. The van der Waals surface area contributed by atoms with Crippen LogP contribution in [0.3, 0.4) is 0 Å². The van der Waals surface area contributed by atoms with E-state index in [0.29, 0.717) is 28.4 Å². The molecule has 8 heteroatoms. The average Bonchev–Trinajstić information content (AvgIpc) is 3.32. The van der Waals surface area contributed by atoms with Crippen LogP contribution in [0.15, 0.2) is 55.0 Å². The number of para-hydroxylation sites is 1. The molecule has 2 aromatic carbocycles. The summed E-state index contributed by atoms with van der Waals surface area (Å²) in [6.07, 6.45) is 3.38. The van der Waals surface area contributed by atoms with Crippen LogP contribution in [0.4, 0.5) is 0 Å². The lowest BCUT2D eigenvalue weighted by atomic mass is 10.2. The molecular formula is C20H16N6O2. The molecule has 0 spiro atoms. The van der Waals surface area contributed by atoms with Crippen LogP contribution in [0, 0.1) is 6.92 Å². The predicted molar refractivity (Wildman–Crippen MR) is 104 cm³/mol. The number of phenols is 1. The number of rotatable bonds is 3. The van der Waals surface area contributed by atoms with Gasteiger partial charge >= 0.3 is 0 Å². The molecule has 8 nitrogen and oxygen atoms in total. The second-order valence-corrected chi connectivity index (χ2v) is 6.43. The Hall–Kier alpha value is -3.94. The lowest BCUT2D eigenvalue weighted by Crippen LogP contribution is -2.01. The molecule has 5 aromatic rings. The van der Waals surface area contributed by atoms with Gasteiger partial charge in [0.15, 0.2) is 17.1 Å². The molecule has 0 radical (unpaired) electrons. The number of aromatic hydroxyl groups is 1. The third kappa shape index (κ3) is 2.31. The average molecular weight is 372 g/mol. The zero-order valence-electron chi connectivity index (χ0n) is 15.2. The number of aromatic nitrogens is 6. The highest BCUT2D eigenvalue weighted by molar-refractivity contribution is 5.90. The molecule has 0 aliphatic heterocycles. The highest BCUT2D eigenvalue weighted by atomic mass is 16.5. The highest BCUT2D eigenvalue weighted by Gasteiger charge is 2.18. The maximum Gasteiger partial charge on any atom is 0.175 e. The monoisotopic (exact) mass is 372 g/mol. The quantitative estimate of drug-likeness (QED) is 0.523. The number of benzene rings is 2. The molecule has 0 aliphatic rings. The Bertz CT molecular complexity index is 1340. The van der Waals surface area contributed by atoms with Crippen molar-refractivity contribution in [2.45, 2.75) is 6.92 Å². The number of methoxy groups -OCH3 is 1. The molecule has 28 heavy (non-hydrogen) atoms. The SMILES string of the molecule is COc1ccc(-c2nnc3c4cnn(-c5ccccc5C)c4ncn23)c(O)c1. The van der Waals surface area contributed by atoms with Crippen molar-refractivity contribution in [3.63, 3.8) is 0 Å². The molecule has 0 bridgehead atoms. The van der Waals surface area contributed by atoms with Gasteiger partial charge in [0.1, 0.15) is 17.8 Å². The second kappa shape index (κ2) is 6.05. The number of hydrogen-bond donors (Lipinski definition) is 1. The van der Waals surface area contributed by atoms with Gasteiger partial charge in [-0.1, -0.05) is 18.2 Å². The predicted octanol–water partition coefficient (Wildman–Crippen LogP) is 3.15. The van der Waals surface area contributed by atoms with Crippen LogP contribution in [-0.4, -0.2) is 41.6 Å². The number of aryl methyl sites for hydroxylation is 1. The number of hydrogen-bond acceptors (Lipinski definition) is 6. The van der Waals surface area contributed by atoms with Crippen molar-refractivity contribution in [1.82, 2.24) is 29.4 Å². The van der Waals surface area contributed by atoms with Gasteiger partial charge in [0.25, 0.3) is 0 Å². The summed E-state index contributed by atoms with van der Waals surface area (Å²) in [4.78, 5) is 4.59. The van der Waals surface area contributed by atoms with E-state index in [-0.39, 0.29) is 5.75 Å². The first kappa shape index (κ1) is 16.2. The van der Waals surface area contributed by atoms with Gasteiger partial charge in [0, 0.05) is 6.07 Å². The molecular weight excluding hydrogens is 356 g/mol. The van der Waals surface area contributed by atoms with Gasteiger partial charge in [-0.3, -0.25) is 4.40 Å². The van der Waals surface area contributed by atoms with Crippen LogP contribution in [0.25, 0.3) is 33.8 Å². The van der Waals surface area contributed by atoms with E-state index in [1.54, 1.807) is 46.9 Å². The highest BCUT2D eigenvalue weighted by Crippen LogP contribution is 2.32. The molecule has 1 N–H and O–H groups in total. The van der Waals surface area contributed by atoms with Gasteiger partial charge in [0.05, 0.1) is 29.9 Å². The molecule has 138 valence electrons. The number of ether oxygens (including phenoxy) is 1. The Morgan fingerprint density at radius 1 is 1.04 bits per heavy atom. The van der Waals surface area contributed by atoms with E-state index in [2.05, 4.69) is 20.3 Å². The van der Waals surface area contributed by atoms with Gasteiger partial charge in [-0.15, -0.1) is 10.2 Å². The van der Waals surface area contributed by atoms with E-state index in [1.165, 1.54) is 0 Å². The second-order valence-electron chi connectivity index (χ2n) is 6.43. The first-order valence-electron chi connectivity index (χ1n) is 8.68. The van der Waals surface area contributed by atoms with E-state index < -0.39 is 0 Å². The van der Waals surface area contributed by atoms with E-state index in [0.717, 1.165) is 16.6 Å². The van der Waals surface area contributed by atoms with Gasteiger partial charge in [0.2, 0.25) is 0 Å². The Balaban J connectivity index is 1.71. The smallest absolute Gasteiger partial charge is 0.175 e. The van der Waals surface area contributed by atoms with Gasteiger partial charge in [-0.25, -0.2) is 9.67 Å². The zero-order chi connectivity index (χ0) is 19.3. The fourth-order valence-corrected chi connectivity index (χ4v) is 3.31. The van der Waals surface area contributed by atoms with Crippen LogP contribution in [0.1, 0.15) is 5.56 Å². The molecule has 3 aromatic heterocycles. The summed E-state index contributed by atoms with van der Waals surface area (Å²) in [5.41, 5.74) is 3.91. The molecule has 0 saturated carbocycles. The fraction of sp³-hybridized carbons (Fsp3) is 0.100. The van der Waals surface area contributed by atoms with Crippen molar-refractivity contribution in [3.05, 3.63) is 60.6 Å². The Labute approximate surface area is 159 Å². The third-order valence-electron chi connectivity index (χ3n) is 4.77. The molecule has 0 saturated heterocycles. The Morgan fingerprint density at radius 3 is 2.68 bits per heavy atom. The number of phenolic OH excluding ortho intramolecular Hbond substituents is 1. The minimum Gasteiger partial charge on any atom is -0.507 e. The standard InChI is InChI=1S/C20H16N6O2/c1-12-5-3-4-6-16(12)26-18-15(10-22-26)20-24-23-19(25(20)11-21-18)14-8-7-13(28-2)9-17(14)27/h3-11,27H,1-2H3. The fourth-order valence-electron chi connectivity index (χ4n) is 3.31. The lowest BCUT2D eigenvalue weighted by molar-refractivity contribution is 0.408. The van der Waals surface area contributed by atoms with Crippen LogP contribution in [0.5, 0.6) is 11.5 Å². The molecule has 0 amide bonds. The summed E-state index contributed by atoms with van der Waals surface area (Å²) in [7, 11) is 1.55. The topological polar surface area (TPSA) is 90.4 Å². The summed E-state index contributed by atoms with van der Waals surface area (Å²) in [6.45, 7) is 2.03. The van der Waals surface area contributed by atoms with E-state index in [9.17, 15) is 5.11 Å². The molecule has 3 heterocycles. The van der Waals surface area contributed by atoms with Gasteiger partial charge in [-0.05, 0) is 30.7 Å². The van der Waals surface area contributed by atoms with E-state index in [4.69, 9.17) is 4.74 Å². The maximum atomic E-state index is 10.4. The van der Waals surface area contributed by atoms with Crippen LogP contribution < -0.4 is 4.74 Å². The van der Waals surface area contributed by atoms with E-state index in [1.807, 2.05) is 31.2 Å². The lowest BCUT2D eigenvalue weighted by Gasteiger charge is -2.07. The number of nitrogens with zero attached hydrogens (tertiary/aromatic N) is 6. The summed E-state index contributed by atoms with van der Waals surface area (Å²) in [5.74, 6) is 1.12. The largest absolute Gasteiger partial charge is 0.507 e. The van der Waals surface area contributed by atoms with Crippen LogP contribution in [0.2, 0.25) is 0 Å². The first-order valence-corrected chi connectivity index (χ1v) is 8.68. The number of fused-ring (bicyclic) bond motifs is 3. The molecule has 0 atom stereocenters. The van der Waals surface area contributed by atoms with Crippen molar-refractivity contribution in [2.75, 3.05) is 7.11 Å². The Morgan fingerprint density at radius 2 is 1.89 bits per heavy atom. The Kier molecular flexibility index (Phi) is 3.51. The summed E-state index contributed by atoms with van der Waals surface area (Å²) in [5, 5.41) is 24.2. The molecule has 0 aliphatic carbocycles. The zero-order valence-corrected chi connectivity index (χ0v) is 15.2. The third-order valence-corrected chi connectivity index (χ3v) is 4.77. The van der Waals surface area contributed by atoms with Crippen molar-refractivity contribution in [3.8, 4) is 28.6 Å². The minimum absolute atomic E-state index is 0.0596. The van der Waals surface area contributed by atoms with Crippen LogP contribution >= 0.6 is 0 Å². The molecule has 0 unspecified atom stereocenters. The first-order chi connectivity index (χ1) is 13.7. The minimum atomic E-state index is 0.0596. The van der Waals surface area contributed by atoms with Crippen molar-refractivity contribution in [2.24, 2.45) is 0 Å². The van der Waals surface area contributed by atoms with E-state index >= 15 is 0 Å². The van der Waals surface area contributed by atoms with Crippen LogP contribution in [-0.2, 0) is 0 Å². The van der Waals surface area contributed by atoms with Gasteiger partial charge < -0.3 is 9.84 Å². The van der Waals surface area contributed by atoms with Crippen molar-refractivity contribution >= 4 is 16.7 Å². The summed E-state index contributed by atoms with van der Waals surface area (Å²) in [6, 6.07) is 13.0. The van der Waals surface area contributed by atoms with Crippen molar-refractivity contribution in [1.29, 1.82) is 0 Å². The molecule has 5 rings (SSSR count). The van der Waals surface area contributed by atoms with Gasteiger partial charge in [-0.2, -0.15) is 5.10 Å². The van der Waals surface area contributed by atoms with Crippen molar-refractivity contribution < 1.29 is 9.84 Å². The molecule has 0 fully saturated rings. The summed E-state index contributed by atoms with van der Waals surface area (Å²) >= 11 is 0.